The molecule has 3 heterocycles. The highest BCUT2D eigenvalue weighted by Crippen LogP contribution is 2.24. The number of hydrogen-bond donors (Lipinski definition) is 0. The van der Waals surface area contributed by atoms with Crippen LogP contribution < -0.4 is 4.90 Å². The van der Waals surface area contributed by atoms with E-state index in [9.17, 15) is 4.79 Å². The maximum Gasteiger partial charge on any atom is 0.253 e. The maximum absolute atomic E-state index is 13.0. The van der Waals surface area contributed by atoms with Gasteiger partial charge in [0.15, 0.2) is 0 Å². The molecule has 4 rings (SSSR count). The third kappa shape index (κ3) is 4.56. The molecule has 1 atom stereocenters. The Balaban J connectivity index is 1.38. The molecule has 1 unspecified atom stereocenters. The summed E-state index contributed by atoms with van der Waals surface area (Å²) in [5.41, 5.74) is 2.90. The van der Waals surface area contributed by atoms with E-state index in [-0.39, 0.29) is 5.91 Å². The van der Waals surface area contributed by atoms with Gasteiger partial charge in [0.25, 0.3) is 5.91 Å². The van der Waals surface area contributed by atoms with Crippen molar-refractivity contribution in [2.75, 3.05) is 31.1 Å². The Bertz CT molecular complexity index is 948. The van der Waals surface area contributed by atoms with Crippen LogP contribution in [0, 0.1) is 5.92 Å². The fourth-order valence-corrected chi connectivity index (χ4v) is 4.73. The first kappa shape index (κ1) is 20.6. The number of rotatable bonds is 7. The van der Waals surface area contributed by atoms with Crippen molar-refractivity contribution in [2.24, 2.45) is 5.92 Å². The molecule has 1 aliphatic rings. The van der Waals surface area contributed by atoms with Crippen LogP contribution in [0.1, 0.15) is 42.9 Å². The third-order valence-electron chi connectivity index (χ3n) is 5.76. The summed E-state index contributed by atoms with van der Waals surface area (Å²) in [7, 11) is 0. The Hall–Kier alpha value is -2.67. The molecular formula is C23H28N4O2S. The Morgan fingerprint density at radius 3 is 2.73 bits per heavy atom. The average molecular weight is 425 g/mol. The molecule has 30 heavy (non-hydrogen) atoms. The zero-order valence-electron chi connectivity index (χ0n) is 17.6. The summed E-state index contributed by atoms with van der Waals surface area (Å²) in [5, 5.41) is 8.12. The summed E-state index contributed by atoms with van der Waals surface area (Å²) in [6.07, 6.45) is 2.78. The van der Waals surface area contributed by atoms with Gasteiger partial charge in [0.05, 0.1) is 0 Å². The van der Waals surface area contributed by atoms with E-state index >= 15 is 0 Å². The van der Waals surface area contributed by atoms with E-state index in [0.717, 1.165) is 55.8 Å². The molecule has 0 bridgehead atoms. The van der Waals surface area contributed by atoms with Crippen LogP contribution in [0.25, 0.3) is 11.4 Å². The molecule has 1 saturated heterocycles. The highest BCUT2D eigenvalue weighted by molar-refractivity contribution is 7.08. The number of amides is 1. The number of benzene rings is 1. The number of piperidine rings is 1. The summed E-state index contributed by atoms with van der Waals surface area (Å²) < 4.78 is 5.46. The SMILES string of the molecule is CCN(CC)c1ccc(C(=O)N2CCCC(Cc3nc(-c4ccsc4)no3)C2)cc1. The maximum atomic E-state index is 13.0. The van der Waals surface area contributed by atoms with Crippen molar-refractivity contribution in [3.05, 3.63) is 52.5 Å². The molecule has 1 amide bonds. The molecule has 0 aliphatic carbocycles. The number of hydrogen-bond acceptors (Lipinski definition) is 6. The summed E-state index contributed by atoms with van der Waals surface area (Å²) in [5.74, 6) is 1.74. The van der Waals surface area contributed by atoms with Crippen LogP contribution in [-0.4, -0.2) is 47.1 Å². The summed E-state index contributed by atoms with van der Waals surface area (Å²) in [6.45, 7) is 7.74. The molecule has 1 aliphatic heterocycles. The van der Waals surface area contributed by atoms with Gasteiger partial charge in [-0.3, -0.25) is 4.79 Å². The molecule has 7 heteroatoms. The van der Waals surface area contributed by atoms with Crippen molar-refractivity contribution in [1.82, 2.24) is 15.0 Å². The summed E-state index contributed by atoms with van der Waals surface area (Å²) >= 11 is 1.62. The number of aromatic nitrogens is 2. The Morgan fingerprint density at radius 2 is 2.03 bits per heavy atom. The first-order valence-corrected chi connectivity index (χ1v) is 11.6. The van der Waals surface area contributed by atoms with E-state index in [2.05, 4.69) is 28.9 Å². The molecule has 6 nitrogen and oxygen atoms in total. The number of anilines is 1. The predicted octanol–water partition coefficient (Wildman–Crippen LogP) is 4.74. The molecule has 0 saturated carbocycles. The van der Waals surface area contributed by atoms with E-state index < -0.39 is 0 Å². The highest BCUT2D eigenvalue weighted by Gasteiger charge is 2.26. The minimum Gasteiger partial charge on any atom is -0.372 e. The molecule has 0 radical (unpaired) electrons. The second-order valence-electron chi connectivity index (χ2n) is 7.71. The fraction of sp³-hybridized carbons (Fsp3) is 0.435. The van der Waals surface area contributed by atoms with Gasteiger partial charge in [-0.1, -0.05) is 5.16 Å². The van der Waals surface area contributed by atoms with Crippen LogP contribution in [0.5, 0.6) is 0 Å². The average Bonchev–Trinajstić information content (AvgIpc) is 3.47. The van der Waals surface area contributed by atoms with Crippen LogP contribution in [0.15, 0.2) is 45.6 Å². The molecule has 0 N–H and O–H groups in total. The smallest absolute Gasteiger partial charge is 0.253 e. The molecule has 0 spiro atoms. The Kier molecular flexibility index (Phi) is 6.47. The normalized spacial score (nSPS) is 16.6. The Morgan fingerprint density at radius 1 is 1.23 bits per heavy atom. The van der Waals surface area contributed by atoms with E-state index in [0.29, 0.717) is 24.1 Å². The van der Waals surface area contributed by atoms with E-state index in [1.165, 1.54) is 0 Å². The van der Waals surface area contributed by atoms with Crippen LogP contribution in [-0.2, 0) is 6.42 Å². The van der Waals surface area contributed by atoms with E-state index in [1.54, 1.807) is 11.3 Å². The number of carbonyl (C=O) groups is 1. The van der Waals surface area contributed by atoms with E-state index in [4.69, 9.17) is 4.52 Å². The van der Waals surface area contributed by atoms with Gasteiger partial charge in [0.2, 0.25) is 11.7 Å². The lowest BCUT2D eigenvalue weighted by Crippen LogP contribution is -2.40. The second-order valence-corrected chi connectivity index (χ2v) is 8.49. The molecule has 2 aromatic heterocycles. The van der Waals surface area contributed by atoms with Gasteiger partial charge in [0, 0.05) is 54.8 Å². The first-order valence-electron chi connectivity index (χ1n) is 10.7. The monoisotopic (exact) mass is 424 g/mol. The minimum atomic E-state index is 0.107. The molecule has 1 aromatic carbocycles. The van der Waals surface area contributed by atoms with Gasteiger partial charge in [0.1, 0.15) is 0 Å². The van der Waals surface area contributed by atoms with Gasteiger partial charge < -0.3 is 14.3 Å². The van der Waals surface area contributed by atoms with Gasteiger partial charge in [-0.2, -0.15) is 16.3 Å². The number of carbonyl (C=O) groups excluding carboxylic acids is 1. The second kappa shape index (κ2) is 9.43. The molecule has 1 fully saturated rings. The van der Waals surface area contributed by atoms with Crippen LogP contribution >= 0.6 is 11.3 Å². The molecule has 158 valence electrons. The van der Waals surface area contributed by atoms with Crippen LogP contribution in [0.4, 0.5) is 5.69 Å². The van der Waals surface area contributed by atoms with Crippen molar-refractivity contribution in [3.8, 4) is 11.4 Å². The summed E-state index contributed by atoms with van der Waals surface area (Å²) in [6, 6.07) is 9.99. The molecular weight excluding hydrogens is 396 g/mol. The van der Waals surface area contributed by atoms with Crippen molar-refractivity contribution >= 4 is 22.9 Å². The topological polar surface area (TPSA) is 62.5 Å². The number of nitrogens with zero attached hydrogens (tertiary/aromatic N) is 4. The quantitative estimate of drug-likeness (QED) is 0.548. The van der Waals surface area contributed by atoms with Crippen LogP contribution in [0.3, 0.4) is 0 Å². The van der Waals surface area contributed by atoms with Crippen molar-refractivity contribution in [3.63, 3.8) is 0 Å². The van der Waals surface area contributed by atoms with Gasteiger partial charge in [-0.25, -0.2) is 0 Å². The highest BCUT2D eigenvalue weighted by atomic mass is 32.1. The van der Waals surface area contributed by atoms with Gasteiger partial charge in [-0.05, 0) is 68.3 Å². The Labute approximate surface area is 181 Å². The number of likely N-dealkylation sites (tertiary alicyclic amines) is 1. The van der Waals surface area contributed by atoms with Gasteiger partial charge >= 0.3 is 0 Å². The first-order chi connectivity index (χ1) is 14.7. The van der Waals surface area contributed by atoms with Crippen LogP contribution in [0.2, 0.25) is 0 Å². The minimum absolute atomic E-state index is 0.107. The van der Waals surface area contributed by atoms with Crippen molar-refractivity contribution in [2.45, 2.75) is 33.1 Å². The standard InChI is InChI=1S/C23H28N4O2S/c1-3-26(4-2)20-9-7-18(8-10-20)23(28)27-12-5-6-17(15-27)14-21-24-22(25-29-21)19-11-13-30-16-19/h7-11,13,16-17H,3-6,12,14-15H2,1-2H3. The van der Waals surface area contributed by atoms with E-state index in [1.807, 2.05) is 46.0 Å². The lowest BCUT2D eigenvalue weighted by molar-refractivity contribution is 0.0668. The lowest BCUT2D eigenvalue weighted by atomic mass is 9.94. The number of thiophene rings is 1. The zero-order chi connectivity index (χ0) is 20.9. The lowest BCUT2D eigenvalue weighted by Gasteiger charge is -2.32. The zero-order valence-corrected chi connectivity index (χ0v) is 18.4. The summed E-state index contributed by atoms with van der Waals surface area (Å²) in [4.78, 5) is 21.8. The largest absolute Gasteiger partial charge is 0.372 e. The van der Waals surface area contributed by atoms with Gasteiger partial charge in [-0.15, -0.1) is 0 Å². The predicted molar refractivity (Wildman–Crippen MR) is 120 cm³/mol. The van der Waals surface area contributed by atoms with Crippen molar-refractivity contribution < 1.29 is 9.32 Å². The fourth-order valence-electron chi connectivity index (χ4n) is 4.10. The van der Waals surface area contributed by atoms with Crippen molar-refractivity contribution in [1.29, 1.82) is 0 Å². The molecule has 3 aromatic rings. The third-order valence-corrected chi connectivity index (χ3v) is 6.44.